The summed E-state index contributed by atoms with van der Waals surface area (Å²) in [6, 6.07) is -1.05. The minimum absolute atomic E-state index is 0.00978. The third-order valence-corrected chi connectivity index (χ3v) is 9.20. The largest absolute Gasteiger partial charge is 0.458 e. The molecule has 2 aliphatic rings. The number of aromatic nitrogens is 1. The summed E-state index contributed by atoms with van der Waals surface area (Å²) in [6.45, 7) is 19.1. The van der Waals surface area contributed by atoms with Crippen molar-refractivity contribution in [3.63, 3.8) is 0 Å². The number of hydrogen-bond donors (Lipinski definition) is 2. The highest BCUT2D eigenvalue weighted by Crippen LogP contribution is 2.32. The number of amides is 2. The summed E-state index contributed by atoms with van der Waals surface area (Å²) < 4.78 is 20.3. The molecule has 0 unspecified atom stereocenters. The van der Waals surface area contributed by atoms with Gasteiger partial charge in [-0.1, -0.05) is 26.1 Å². The van der Waals surface area contributed by atoms with E-state index in [4.69, 9.17) is 42.0 Å². The maximum absolute atomic E-state index is 12.3. The van der Waals surface area contributed by atoms with E-state index in [0.717, 1.165) is 10.7 Å². The summed E-state index contributed by atoms with van der Waals surface area (Å²) in [5.41, 5.74) is 5.45. The monoisotopic (exact) mass is 730 g/mol. The van der Waals surface area contributed by atoms with Gasteiger partial charge in [0.2, 0.25) is 11.8 Å². The molecule has 1 aromatic heterocycles. The zero-order valence-corrected chi connectivity index (χ0v) is 32.9. The van der Waals surface area contributed by atoms with Gasteiger partial charge in [0.15, 0.2) is 5.79 Å². The van der Waals surface area contributed by atoms with Crippen LogP contribution in [-0.2, 0) is 38.1 Å². The standard InChI is InChI=1S/C16H24N2O3S.C13H22N2O3S.C5H12O3/c1-6-12(15(20)21-16(3,4)5)18-8-11(7-13(18)19)14-17-10(2)9-22-14;1-5-9(12(17)18-13(2,3)4)15-7-8(11(14)19)6-10(15)16;1-5(4-6,7-2)8-3/h9,11-12H,6-8H2,1-5H3;8-9H,5-7H2,1-4H3,(H2,14,19);6H,4H2,1-3H3/t11-,12+;8-,9+;/m11./s1. The lowest BCUT2D eigenvalue weighted by molar-refractivity contribution is -0.213. The molecule has 2 saturated heterocycles. The van der Waals surface area contributed by atoms with Gasteiger partial charge in [0.25, 0.3) is 0 Å². The molecule has 15 heteroatoms. The zero-order valence-electron chi connectivity index (χ0n) is 31.3. The molecule has 3 N–H and O–H groups in total. The highest BCUT2D eigenvalue weighted by molar-refractivity contribution is 7.80. The number of nitrogens with two attached hydrogens (primary N) is 1. The van der Waals surface area contributed by atoms with E-state index in [1.807, 2.05) is 46.9 Å². The Labute approximate surface area is 301 Å². The van der Waals surface area contributed by atoms with Crippen LogP contribution in [0.15, 0.2) is 5.38 Å². The molecule has 0 radical (unpaired) electrons. The Morgan fingerprint density at radius 2 is 1.39 bits per heavy atom. The predicted molar refractivity (Wildman–Crippen MR) is 192 cm³/mol. The fraction of sp³-hybridized carbons (Fsp3) is 0.765. The average Bonchev–Trinajstić information content (AvgIpc) is 3.71. The second-order valence-corrected chi connectivity index (χ2v) is 15.6. The second kappa shape index (κ2) is 19.0. The average molecular weight is 731 g/mol. The molecule has 1 aromatic rings. The Kier molecular flexibility index (Phi) is 17.2. The molecule has 2 aliphatic heterocycles. The second-order valence-electron chi connectivity index (χ2n) is 14.2. The molecular weight excluding hydrogens is 673 g/mol. The van der Waals surface area contributed by atoms with Crippen LogP contribution in [0.1, 0.15) is 105 Å². The number of ether oxygens (including phenoxy) is 4. The molecule has 2 fully saturated rings. The Hall–Kier alpha value is -2.72. The first kappa shape index (κ1) is 44.3. The van der Waals surface area contributed by atoms with Crippen molar-refractivity contribution in [3.05, 3.63) is 16.1 Å². The molecule has 0 aliphatic carbocycles. The lowest BCUT2D eigenvalue weighted by Gasteiger charge is -2.29. The molecule has 0 aromatic carbocycles. The number of aryl methyl sites for hydroxylation is 1. The zero-order chi connectivity index (χ0) is 37.9. The summed E-state index contributed by atoms with van der Waals surface area (Å²) in [7, 11) is 2.97. The van der Waals surface area contributed by atoms with E-state index >= 15 is 0 Å². The number of nitrogens with zero attached hydrogens (tertiary/aromatic N) is 3. The van der Waals surface area contributed by atoms with Crippen LogP contribution in [0.4, 0.5) is 0 Å². The number of aliphatic hydroxyl groups is 1. The summed E-state index contributed by atoms with van der Waals surface area (Å²) in [4.78, 5) is 56.8. The van der Waals surface area contributed by atoms with Crippen molar-refractivity contribution >= 4 is 52.3 Å². The number of likely N-dealkylation sites (tertiary alicyclic amines) is 2. The number of hydrogen-bond acceptors (Lipinski definition) is 12. The molecule has 280 valence electrons. The molecule has 2 amide bonds. The lowest BCUT2D eigenvalue weighted by Crippen LogP contribution is -2.45. The number of methoxy groups -OCH3 is 2. The van der Waals surface area contributed by atoms with E-state index in [-0.39, 0.29) is 48.6 Å². The van der Waals surface area contributed by atoms with Gasteiger partial charge >= 0.3 is 11.9 Å². The van der Waals surface area contributed by atoms with E-state index in [1.165, 1.54) is 19.1 Å². The molecule has 3 rings (SSSR count). The van der Waals surface area contributed by atoms with Crippen molar-refractivity contribution < 1.29 is 43.2 Å². The fourth-order valence-electron chi connectivity index (χ4n) is 4.96. The third kappa shape index (κ3) is 14.2. The minimum atomic E-state index is -0.819. The number of carbonyl (C=O) groups excluding carboxylic acids is 4. The van der Waals surface area contributed by atoms with Crippen LogP contribution in [0.3, 0.4) is 0 Å². The first-order chi connectivity index (χ1) is 22.5. The number of carbonyl (C=O) groups is 4. The predicted octanol–water partition coefficient (Wildman–Crippen LogP) is 4.12. The summed E-state index contributed by atoms with van der Waals surface area (Å²) in [6.07, 6.45) is 1.79. The van der Waals surface area contributed by atoms with E-state index in [1.54, 1.807) is 43.9 Å². The van der Waals surface area contributed by atoms with Crippen LogP contribution in [-0.4, -0.2) is 112 Å². The molecule has 13 nitrogen and oxygen atoms in total. The summed E-state index contributed by atoms with van der Waals surface area (Å²) in [5.74, 6) is -1.64. The van der Waals surface area contributed by atoms with E-state index in [2.05, 4.69) is 4.98 Å². The van der Waals surface area contributed by atoms with Crippen LogP contribution >= 0.6 is 23.6 Å². The Bertz CT molecular complexity index is 1260. The van der Waals surface area contributed by atoms with Gasteiger partial charge in [0.1, 0.15) is 23.3 Å². The van der Waals surface area contributed by atoms with E-state index in [9.17, 15) is 19.2 Å². The highest BCUT2D eigenvalue weighted by atomic mass is 32.1. The fourth-order valence-corrected chi connectivity index (χ4v) is 6.01. The van der Waals surface area contributed by atoms with Crippen LogP contribution in [0.5, 0.6) is 0 Å². The Morgan fingerprint density at radius 1 is 0.939 bits per heavy atom. The van der Waals surface area contributed by atoms with Gasteiger partial charge in [0.05, 0.1) is 16.6 Å². The lowest BCUT2D eigenvalue weighted by atomic mass is 10.1. The SMILES string of the molecule is CC[C@@H](C(=O)OC(C)(C)C)N1C[C@H](C(N)=S)CC1=O.CC[C@@H](C(=O)OC(C)(C)C)N1C[C@H](c2nc(C)cs2)CC1=O.COC(C)(CO)OC. The molecular formula is C34H58N4O9S2. The number of thiocarbonyl (C=S) groups is 1. The highest BCUT2D eigenvalue weighted by Gasteiger charge is 2.41. The quantitative estimate of drug-likeness (QED) is 0.190. The van der Waals surface area contributed by atoms with Crippen LogP contribution in [0.25, 0.3) is 0 Å². The van der Waals surface area contributed by atoms with Crippen molar-refractivity contribution in [2.75, 3.05) is 33.9 Å². The number of esters is 2. The van der Waals surface area contributed by atoms with Crippen molar-refractivity contribution in [2.24, 2.45) is 11.7 Å². The number of aliphatic hydroxyl groups excluding tert-OH is 1. The van der Waals surface area contributed by atoms with Crippen molar-refractivity contribution in [3.8, 4) is 0 Å². The van der Waals surface area contributed by atoms with Gasteiger partial charge < -0.3 is 39.6 Å². The van der Waals surface area contributed by atoms with Crippen molar-refractivity contribution in [1.29, 1.82) is 0 Å². The molecule has 0 spiro atoms. The molecule has 0 saturated carbocycles. The van der Waals surface area contributed by atoms with Crippen molar-refractivity contribution in [1.82, 2.24) is 14.8 Å². The first-order valence-corrected chi connectivity index (χ1v) is 17.8. The minimum Gasteiger partial charge on any atom is -0.458 e. The number of thiazole rings is 1. The van der Waals surface area contributed by atoms with Gasteiger partial charge in [-0.15, -0.1) is 11.3 Å². The third-order valence-electron chi connectivity index (χ3n) is 7.74. The number of rotatable bonds is 11. The van der Waals surface area contributed by atoms with Gasteiger partial charge in [-0.3, -0.25) is 9.59 Å². The van der Waals surface area contributed by atoms with Gasteiger partial charge in [-0.25, -0.2) is 14.6 Å². The van der Waals surface area contributed by atoms with Crippen LogP contribution in [0.2, 0.25) is 0 Å². The maximum atomic E-state index is 12.3. The summed E-state index contributed by atoms with van der Waals surface area (Å²) in [5, 5.41) is 11.5. The van der Waals surface area contributed by atoms with Gasteiger partial charge in [-0.05, 0) is 68.2 Å². The van der Waals surface area contributed by atoms with Crippen LogP contribution < -0.4 is 5.73 Å². The van der Waals surface area contributed by atoms with Gasteiger partial charge in [-0.2, -0.15) is 0 Å². The molecule has 3 heterocycles. The molecule has 0 bridgehead atoms. The Balaban J connectivity index is 0.000000406. The van der Waals surface area contributed by atoms with Crippen LogP contribution in [0, 0.1) is 12.8 Å². The van der Waals surface area contributed by atoms with Crippen molar-refractivity contribution in [2.45, 2.75) is 130 Å². The first-order valence-electron chi connectivity index (χ1n) is 16.5. The topological polar surface area (TPSA) is 171 Å². The molecule has 4 atom stereocenters. The molecule has 49 heavy (non-hydrogen) atoms. The van der Waals surface area contributed by atoms with E-state index in [0.29, 0.717) is 37.3 Å². The maximum Gasteiger partial charge on any atom is 0.329 e. The normalized spacial score (nSPS) is 19.4. The smallest absolute Gasteiger partial charge is 0.329 e. The Morgan fingerprint density at radius 3 is 1.69 bits per heavy atom. The summed E-state index contributed by atoms with van der Waals surface area (Å²) >= 11 is 6.50. The van der Waals surface area contributed by atoms with E-state index < -0.39 is 29.1 Å². The van der Waals surface area contributed by atoms with Gasteiger partial charge in [0, 0.05) is 63.1 Å².